The summed E-state index contributed by atoms with van der Waals surface area (Å²) in [7, 11) is 1.64. The topological polar surface area (TPSA) is 88.5 Å². The minimum atomic E-state index is -0.822. The van der Waals surface area contributed by atoms with Crippen molar-refractivity contribution in [3.63, 3.8) is 0 Å². The third-order valence-corrected chi connectivity index (χ3v) is 10.1. The van der Waals surface area contributed by atoms with Crippen LogP contribution in [0.1, 0.15) is 53.4 Å². The summed E-state index contributed by atoms with van der Waals surface area (Å²) in [5, 5.41) is 21.8. The number of hydrogen-bond acceptors (Lipinski definition) is 6. The number of carbonyl (C=O) groups is 1. The van der Waals surface area contributed by atoms with Crippen molar-refractivity contribution in [2.45, 2.75) is 76.8 Å². The fraction of sp³-hybridized carbons (Fsp3) is 0.870. The lowest BCUT2D eigenvalue weighted by Crippen LogP contribution is -2.73. The van der Waals surface area contributed by atoms with Crippen molar-refractivity contribution in [2.75, 3.05) is 20.3 Å². The maximum Gasteiger partial charge on any atom is 0.334 e. The van der Waals surface area contributed by atoms with Crippen LogP contribution in [0, 0.1) is 28.6 Å². The second-order valence-corrected chi connectivity index (χ2v) is 10.7. The molecule has 5 aliphatic rings. The summed E-state index contributed by atoms with van der Waals surface area (Å²) in [5.41, 5.74) is 0.133. The summed E-state index contributed by atoms with van der Waals surface area (Å²) in [5.74, 6) is 0.0700. The molecule has 162 valence electrons. The van der Waals surface area contributed by atoms with Gasteiger partial charge in [0.05, 0.1) is 12.2 Å². The molecule has 2 N–H and O–H groups in total. The van der Waals surface area contributed by atoms with E-state index in [0.29, 0.717) is 13.0 Å². The largest absolute Gasteiger partial charge is 0.458 e. The molecule has 6 nitrogen and oxygen atoms in total. The van der Waals surface area contributed by atoms with Crippen LogP contribution in [0.4, 0.5) is 0 Å². The number of ether oxygens (including phenoxy) is 3. The van der Waals surface area contributed by atoms with Crippen LogP contribution in [-0.2, 0) is 19.0 Å². The van der Waals surface area contributed by atoms with Gasteiger partial charge in [-0.15, -0.1) is 0 Å². The van der Waals surface area contributed by atoms with Crippen LogP contribution in [0.15, 0.2) is 11.1 Å². The molecule has 1 saturated heterocycles. The first-order chi connectivity index (χ1) is 13.6. The number of aliphatic hydroxyl groups excluding tert-OH is 2. The summed E-state index contributed by atoms with van der Waals surface area (Å²) in [6.45, 7) is 8.99. The van der Waals surface area contributed by atoms with Crippen LogP contribution in [0.25, 0.3) is 0 Å². The summed E-state index contributed by atoms with van der Waals surface area (Å²) >= 11 is 0. The highest BCUT2D eigenvalue weighted by Gasteiger charge is 2.86. The predicted octanol–water partition coefficient (Wildman–Crippen LogP) is 2.22. The van der Waals surface area contributed by atoms with Crippen molar-refractivity contribution in [1.29, 1.82) is 0 Å². The van der Waals surface area contributed by atoms with E-state index >= 15 is 0 Å². The number of fused-ring (bicyclic) bond motifs is 2. The average Bonchev–Trinajstić information content (AvgIpc) is 3.34. The molecule has 3 aliphatic carbocycles. The molecular weight excluding hydrogens is 372 g/mol. The monoisotopic (exact) mass is 406 g/mol. The fourth-order valence-electron chi connectivity index (χ4n) is 8.15. The smallest absolute Gasteiger partial charge is 0.334 e. The maximum absolute atomic E-state index is 12.2. The molecule has 1 unspecified atom stereocenters. The van der Waals surface area contributed by atoms with Gasteiger partial charge >= 0.3 is 5.97 Å². The first-order valence-electron chi connectivity index (χ1n) is 11.0. The third kappa shape index (κ3) is 1.96. The van der Waals surface area contributed by atoms with E-state index < -0.39 is 22.7 Å². The number of methoxy groups -OCH3 is 1. The Kier molecular flexibility index (Phi) is 4.03. The second kappa shape index (κ2) is 5.84. The van der Waals surface area contributed by atoms with Crippen LogP contribution in [-0.4, -0.2) is 59.9 Å². The van der Waals surface area contributed by atoms with Crippen molar-refractivity contribution >= 4 is 5.97 Å². The molecule has 0 amide bonds. The lowest BCUT2D eigenvalue weighted by atomic mass is 9.39. The van der Waals surface area contributed by atoms with Gasteiger partial charge in [0, 0.05) is 42.5 Å². The maximum atomic E-state index is 12.2. The van der Waals surface area contributed by atoms with Crippen LogP contribution in [0.2, 0.25) is 0 Å². The standard InChI is InChI=1S/C23H34O6/c1-12-8-16-15-11-28-18(25)14(15)6-7-20(16,3)23-17(29-23)9-22(27-5,13(2)10-24)19(26)21(12,23)4/h12-13,16-17,19,24,26H,6-11H2,1-5H3/t12-,13-,16?,17-,19-,20-,21-,22+,23+/m0/s1. The highest BCUT2D eigenvalue weighted by atomic mass is 16.6. The van der Waals surface area contributed by atoms with Gasteiger partial charge in [-0.3, -0.25) is 0 Å². The first kappa shape index (κ1) is 20.0. The van der Waals surface area contributed by atoms with E-state index in [1.807, 2.05) is 6.92 Å². The van der Waals surface area contributed by atoms with Gasteiger partial charge in [0.1, 0.15) is 17.8 Å². The summed E-state index contributed by atoms with van der Waals surface area (Å²) < 4.78 is 18.0. The number of aliphatic hydroxyl groups is 2. The Balaban J connectivity index is 1.63. The summed E-state index contributed by atoms with van der Waals surface area (Å²) in [6.07, 6.45) is 2.31. The summed E-state index contributed by atoms with van der Waals surface area (Å²) in [6, 6.07) is 0. The number of hydrogen-bond donors (Lipinski definition) is 2. The summed E-state index contributed by atoms with van der Waals surface area (Å²) in [4.78, 5) is 12.2. The van der Waals surface area contributed by atoms with Gasteiger partial charge in [-0.2, -0.15) is 0 Å². The first-order valence-corrected chi connectivity index (χ1v) is 11.0. The minimum Gasteiger partial charge on any atom is -0.458 e. The molecule has 2 saturated carbocycles. The molecule has 29 heavy (non-hydrogen) atoms. The number of cyclic esters (lactones) is 1. The van der Waals surface area contributed by atoms with Crippen molar-refractivity contribution < 1.29 is 29.2 Å². The van der Waals surface area contributed by atoms with Gasteiger partial charge < -0.3 is 24.4 Å². The predicted molar refractivity (Wildman–Crippen MR) is 105 cm³/mol. The molecule has 2 aliphatic heterocycles. The lowest BCUT2D eigenvalue weighted by molar-refractivity contribution is -0.251. The fourth-order valence-corrected chi connectivity index (χ4v) is 8.15. The van der Waals surface area contributed by atoms with E-state index in [4.69, 9.17) is 14.2 Å². The Bertz CT molecular complexity index is 792. The molecule has 0 aromatic rings. The molecule has 6 heteroatoms. The molecule has 1 spiro atoms. The van der Waals surface area contributed by atoms with Gasteiger partial charge in [0.25, 0.3) is 0 Å². The molecule has 2 heterocycles. The zero-order chi connectivity index (χ0) is 21.0. The van der Waals surface area contributed by atoms with E-state index in [-0.39, 0.29) is 41.8 Å². The van der Waals surface area contributed by atoms with E-state index in [0.717, 1.165) is 24.8 Å². The van der Waals surface area contributed by atoms with Crippen molar-refractivity contribution in [3.8, 4) is 0 Å². The zero-order valence-corrected chi connectivity index (χ0v) is 18.2. The second-order valence-electron chi connectivity index (χ2n) is 10.7. The number of carbonyl (C=O) groups excluding carboxylic acids is 1. The number of rotatable bonds is 3. The van der Waals surface area contributed by atoms with Gasteiger partial charge in [-0.1, -0.05) is 27.7 Å². The third-order valence-electron chi connectivity index (χ3n) is 10.1. The molecule has 0 bridgehead atoms. The Morgan fingerprint density at radius 1 is 1.34 bits per heavy atom. The van der Waals surface area contributed by atoms with Crippen molar-refractivity contribution in [3.05, 3.63) is 11.1 Å². The normalized spacial score (nSPS) is 54.1. The van der Waals surface area contributed by atoms with Crippen LogP contribution < -0.4 is 0 Å². The van der Waals surface area contributed by atoms with Crippen molar-refractivity contribution in [1.82, 2.24) is 0 Å². The Hall–Kier alpha value is -0.950. The highest BCUT2D eigenvalue weighted by molar-refractivity contribution is 5.92. The molecule has 5 rings (SSSR count). The van der Waals surface area contributed by atoms with E-state index in [2.05, 4.69) is 20.8 Å². The van der Waals surface area contributed by atoms with Crippen LogP contribution in [0.5, 0.6) is 0 Å². The van der Waals surface area contributed by atoms with Gasteiger partial charge in [-0.25, -0.2) is 4.79 Å². The van der Waals surface area contributed by atoms with Gasteiger partial charge in [0.2, 0.25) is 0 Å². The molecule has 3 fully saturated rings. The lowest BCUT2D eigenvalue weighted by Gasteiger charge is -2.65. The van der Waals surface area contributed by atoms with Crippen LogP contribution in [0.3, 0.4) is 0 Å². The van der Waals surface area contributed by atoms with E-state index in [1.54, 1.807) is 7.11 Å². The van der Waals surface area contributed by atoms with Gasteiger partial charge in [0.15, 0.2) is 0 Å². The zero-order valence-electron chi connectivity index (χ0n) is 18.2. The Morgan fingerprint density at radius 3 is 2.72 bits per heavy atom. The SMILES string of the molecule is CO[C@@]1([C@@H](C)CO)C[C@@H]2O[C@]23[C@](C)([C@@H]1O)[C@@H](C)CC1C2=C(CC[C@@]13C)C(=O)OC2. The molecule has 0 aromatic carbocycles. The highest BCUT2D eigenvalue weighted by Crippen LogP contribution is 2.78. The molecule has 0 aromatic heterocycles. The average molecular weight is 407 g/mol. The van der Waals surface area contributed by atoms with Crippen LogP contribution >= 0.6 is 0 Å². The minimum absolute atomic E-state index is 0.0136. The van der Waals surface area contributed by atoms with E-state index in [9.17, 15) is 15.0 Å². The quantitative estimate of drug-likeness (QED) is 0.552. The van der Waals surface area contributed by atoms with E-state index in [1.165, 1.54) is 5.57 Å². The van der Waals surface area contributed by atoms with Gasteiger partial charge in [-0.05, 0) is 36.7 Å². The molecular formula is C23H34O6. The molecule has 0 radical (unpaired) electrons. The molecule has 9 atom stereocenters. The Morgan fingerprint density at radius 2 is 2.07 bits per heavy atom. The number of esters is 1. The Labute approximate surface area is 172 Å². The number of epoxide rings is 1. The van der Waals surface area contributed by atoms with Crippen molar-refractivity contribution in [2.24, 2.45) is 28.6 Å².